The number of anilines is 1. The van der Waals surface area contributed by atoms with E-state index in [9.17, 15) is 4.79 Å². The number of hydrogen-bond acceptors (Lipinski definition) is 3. The van der Waals surface area contributed by atoms with Crippen molar-refractivity contribution in [2.24, 2.45) is 5.73 Å². The molecule has 5 heteroatoms. The minimum Gasteiger partial charge on any atom is -0.326 e. The molecule has 1 amide bonds. The van der Waals surface area contributed by atoms with Crippen molar-refractivity contribution in [1.82, 2.24) is 9.55 Å². The first-order chi connectivity index (χ1) is 9.10. The van der Waals surface area contributed by atoms with Crippen molar-refractivity contribution in [1.29, 1.82) is 0 Å². The van der Waals surface area contributed by atoms with Crippen molar-refractivity contribution >= 4 is 11.6 Å². The van der Waals surface area contributed by atoms with Crippen molar-refractivity contribution in [3.05, 3.63) is 47.5 Å². The van der Waals surface area contributed by atoms with Crippen molar-refractivity contribution in [2.75, 3.05) is 5.32 Å². The van der Waals surface area contributed by atoms with E-state index < -0.39 is 0 Å². The molecular weight excluding hydrogens is 240 g/mol. The molecular formula is C14H18N4O. The van der Waals surface area contributed by atoms with Crippen LogP contribution in [0.1, 0.15) is 17.0 Å². The standard InChI is InChI=1S/C14H18N4O/c1-10-11(2)18(9-16-10)8-14(19)17-13-5-3-4-12(6-13)7-15/h3-6,9H,7-8,15H2,1-2H3,(H,17,19). The first-order valence-corrected chi connectivity index (χ1v) is 6.17. The third kappa shape index (κ3) is 3.20. The van der Waals surface area contributed by atoms with Gasteiger partial charge in [-0.2, -0.15) is 0 Å². The van der Waals surface area contributed by atoms with Gasteiger partial charge >= 0.3 is 0 Å². The summed E-state index contributed by atoms with van der Waals surface area (Å²) in [5.74, 6) is -0.0744. The van der Waals surface area contributed by atoms with E-state index in [2.05, 4.69) is 10.3 Å². The van der Waals surface area contributed by atoms with Crippen molar-refractivity contribution < 1.29 is 4.79 Å². The summed E-state index contributed by atoms with van der Waals surface area (Å²) in [5, 5.41) is 2.86. The van der Waals surface area contributed by atoms with Crippen LogP contribution < -0.4 is 11.1 Å². The highest BCUT2D eigenvalue weighted by Gasteiger charge is 2.07. The number of carbonyl (C=O) groups is 1. The van der Waals surface area contributed by atoms with Gasteiger partial charge in [-0.25, -0.2) is 4.98 Å². The molecule has 1 heterocycles. The molecule has 0 spiro atoms. The fourth-order valence-electron chi connectivity index (χ4n) is 1.83. The smallest absolute Gasteiger partial charge is 0.244 e. The predicted octanol–water partition coefficient (Wildman–Crippen LogP) is 1.60. The van der Waals surface area contributed by atoms with Crippen LogP contribution >= 0.6 is 0 Å². The second-order valence-corrected chi connectivity index (χ2v) is 4.50. The number of imidazole rings is 1. The number of rotatable bonds is 4. The monoisotopic (exact) mass is 258 g/mol. The fourth-order valence-corrected chi connectivity index (χ4v) is 1.83. The minimum absolute atomic E-state index is 0.0744. The Morgan fingerprint density at radius 2 is 2.21 bits per heavy atom. The van der Waals surface area contributed by atoms with Crippen LogP contribution in [0.15, 0.2) is 30.6 Å². The van der Waals surface area contributed by atoms with Gasteiger partial charge in [0.2, 0.25) is 5.91 Å². The number of amides is 1. The quantitative estimate of drug-likeness (QED) is 0.874. The number of aromatic nitrogens is 2. The minimum atomic E-state index is -0.0744. The van der Waals surface area contributed by atoms with E-state index >= 15 is 0 Å². The van der Waals surface area contributed by atoms with Crippen LogP contribution in [0.25, 0.3) is 0 Å². The summed E-state index contributed by atoms with van der Waals surface area (Å²) in [4.78, 5) is 16.1. The normalized spacial score (nSPS) is 10.5. The Labute approximate surface area is 112 Å². The second-order valence-electron chi connectivity index (χ2n) is 4.50. The Kier molecular flexibility index (Phi) is 3.97. The van der Waals surface area contributed by atoms with Gasteiger partial charge in [0, 0.05) is 17.9 Å². The van der Waals surface area contributed by atoms with Crippen LogP contribution in [-0.2, 0) is 17.9 Å². The molecule has 0 aliphatic rings. The Bertz CT molecular complexity index is 589. The lowest BCUT2D eigenvalue weighted by Crippen LogP contribution is -2.19. The summed E-state index contributed by atoms with van der Waals surface area (Å²) >= 11 is 0. The number of benzene rings is 1. The summed E-state index contributed by atoms with van der Waals surface area (Å²) in [6, 6.07) is 7.54. The van der Waals surface area contributed by atoms with Gasteiger partial charge in [0.1, 0.15) is 6.54 Å². The Balaban J connectivity index is 2.03. The molecule has 1 aromatic heterocycles. The lowest BCUT2D eigenvalue weighted by Gasteiger charge is -2.08. The Morgan fingerprint density at radius 3 is 2.84 bits per heavy atom. The third-order valence-corrected chi connectivity index (χ3v) is 3.11. The van der Waals surface area contributed by atoms with Gasteiger partial charge in [-0.05, 0) is 31.5 Å². The zero-order valence-corrected chi connectivity index (χ0v) is 11.2. The molecule has 19 heavy (non-hydrogen) atoms. The Morgan fingerprint density at radius 1 is 1.42 bits per heavy atom. The van der Waals surface area contributed by atoms with Crippen LogP contribution in [0.3, 0.4) is 0 Å². The van der Waals surface area contributed by atoms with E-state index in [0.29, 0.717) is 6.54 Å². The van der Waals surface area contributed by atoms with Crippen molar-refractivity contribution in [2.45, 2.75) is 26.9 Å². The summed E-state index contributed by atoms with van der Waals surface area (Å²) in [5.41, 5.74) is 9.28. The number of nitrogens with one attached hydrogen (secondary N) is 1. The maximum absolute atomic E-state index is 12.0. The zero-order valence-electron chi connectivity index (χ0n) is 11.2. The summed E-state index contributed by atoms with van der Waals surface area (Å²) in [6.45, 7) is 4.60. The van der Waals surface area contributed by atoms with Crippen LogP contribution in [0.4, 0.5) is 5.69 Å². The van der Waals surface area contributed by atoms with E-state index in [1.165, 1.54) is 0 Å². The third-order valence-electron chi connectivity index (χ3n) is 3.11. The van der Waals surface area contributed by atoms with Crippen LogP contribution in [0.2, 0.25) is 0 Å². The van der Waals surface area contributed by atoms with Gasteiger partial charge in [-0.3, -0.25) is 4.79 Å². The maximum Gasteiger partial charge on any atom is 0.244 e. The summed E-state index contributed by atoms with van der Waals surface area (Å²) in [7, 11) is 0. The topological polar surface area (TPSA) is 72.9 Å². The summed E-state index contributed by atoms with van der Waals surface area (Å²) in [6.07, 6.45) is 1.68. The molecule has 2 rings (SSSR count). The molecule has 1 aromatic carbocycles. The molecule has 2 aromatic rings. The SMILES string of the molecule is Cc1ncn(CC(=O)Nc2cccc(CN)c2)c1C. The molecule has 100 valence electrons. The molecule has 0 radical (unpaired) electrons. The number of nitrogens with two attached hydrogens (primary N) is 1. The fraction of sp³-hybridized carbons (Fsp3) is 0.286. The summed E-state index contributed by atoms with van der Waals surface area (Å²) < 4.78 is 1.83. The highest BCUT2D eigenvalue weighted by atomic mass is 16.1. The number of aryl methyl sites for hydroxylation is 1. The zero-order chi connectivity index (χ0) is 13.8. The maximum atomic E-state index is 12.0. The largest absolute Gasteiger partial charge is 0.326 e. The van der Waals surface area contributed by atoms with E-state index in [1.807, 2.05) is 42.7 Å². The molecule has 0 bridgehead atoms. The van der Waals surface area contributed by atoms with Gasteiger partial charge in [0.15, 0.2) is 0 Å². The Hall–Kier alpha value is -2.14. The van der Waals surface area contributed by atoms with Gasteiger partial charge < -0.3 is 15.6 Å². The molecule has 0 saturated heterocycles. The first-order valence-electron chi connectivity index (χ1n) is 6.17. The van der Waals surface area contributed by atoms with Crippen molar-refractivity contribution in [3.63, 3.8) is 0 Å². The number of hydrogen-bond donors (Lipinski definition) is 2. The highest BCUT2D eigenvalue weighted by Crippen LogP contribution is 2.11. The molecule has 0 aliphatic carbocycles. The van der Waals surface area contributed by atoms with Gasteiger partial charge in [0.05, 0.1) is 12.0 Å². The van der Waals surface area contributed by atoms with Gasteiger partial charge in [0.25, 0.3) is 0 Å². The molecule has 0 unspecified atom stereocenters. The molecule has 3 N–H and O–H groups in total. The van der Waals surface area contributed by atoms with E-state index in [-0.39, 0.29) is 12.5 Å². The lowest BCUT2D eigenvalue weighted by molar-refractivity contribution is -0.116. The van der Waals surface area contributed by atoms with Crippen LogP contribution in [-0.4, -0.2) is 15.5 Å². The molecule has 0 fully saturated rings. The molecule has 0 saturated carbocycles. The van der Waals surface area contributed by atoms with Gasteiger partial charge in [-0.15, -0.1) is 0 Å². The second kappa shape index (κ2) is 5.67. The van der Waals surface area contributed by atoms with Crippen LogP contribution in [0.5, 0.6) is 0 Å². The molecule has 0 aliphatic heterocycles. The lowest BCUT2D eigenvalue weighted by atomic mass is 10.2. The van der Waals surface area contributed by atoms with Crippen LogP contribution in [0, 0.1) is 13.8 Å². The molecule has 0 atom stereocenters. The van der Waals surface area contributed by atoms with E-state index in [1.54, 1.807) is 6.33 Å². The number of nitrogens with zero attached hydrogens (tertiary/aromatic N) is 2. The first kappa shape index (κ1) is 13.3. The average molecular weight is 258 g/mol. The molecule has 5 nitrogen and oxygen atoms in total. The average Bonchev–Trinajstić information content (AvgIpc) is 2.71. The van der Waals surface area contributed by atoms with E-state index in [0.717, 1.165) is 22.6 Å². The van der Waals surface area contributed by atoms with E-state index in [4.69, 9.17) is 5.73 Å². The number of carbonyl (C=O) groups excluding carboxylic acids is 1. The predicted molar refractivity (Wildman–Crippen MR) is 74.7 cm³/mol. The highest BCUT2D eigenvalue weighted by molar-refractivity contribution is 5.90. The van der Waals surface area contributed by atoms with Crippen molar-refractivity contribution in [3.8, 4) is 0 Å². The van der Waals surface area contributed by atoms with Gasteiger partial charge in [-0.1, -0.05) is 12.1 Å².